The van der Waals surface area contributed by atoms with Gasteiger partial charge < -0.3 is 4.79 Å². The van der Waals surface area contributed by atoms with Crippen LogP contribution in [0.25, 0.3) is 0 Å². The maximum Gasteiger partial charge on any atom is 0.126 e. The van der Waals surface area contributed by atoms with Gasteiger partial charge in [0.05, 0.1) is 0 Å². The number of hydrogen-bond donors (Lipinski definition) is 0. The van der Waals surface area contributed by atoms with Gasteiger partial charge in [-0.3, -0.25) is 0 Å². The van der Waals surface area contributed by atoms with Crippen molar-refractivity contribution in [2.45, 2.75) is 78.6 Å². The van der Waals surface area contributed by atoms with Crippen LogP contribution in [-0.2, 0) is 4.79 Å². The highest BCUT2D eigenvalue weighted by Gasteiger charge is 2.64. The van der Waals surface area contributed by atoms with Gasteiger partial charge in [-0.15, -0.1) is 0 Å². The molecule has 0 unspecified atom stereocenters. The molecule has 0 radical (unpaired) electrons. The summed E-state index contributed by atoms with van der Waals surface area (Å²) in [6.45, 7) is 7.35. The molecule has 2 bridgehead atoms. The molecule has 4 rings (SSSR count). The molecular formula is C20H32O. The Kier molecular flexibility index (Phi) is 2.96. The number of rotatable bonds is 1. The lowest BCUT2D eigenvalue weighted by Crippen LogP contribution is -2.56. The van der Waals surface area contributed by atoms with Gasteiger partial charge in [0.2, 0.25) is 0 Å². The zero-order valence-corrected chi connectivity index (χ0v) is 14.2. The first-order valence-corrected chi connectivity index (χ1v) is 9.40. The maximum atomic E-state index is 11.8. The van der Waals surface area contributed by atoms with E-state index < -0.39 is 0 Å². The van der Waals surface area contributed by atoms with Gasteiger partial charge in [-0.1, -0.05) is 27.2 Å². The Morgan fingerprint density at radius 3 is 2.52 bits per heavy atom. The average Bonchev–Trinajstić information content (AvgIpc) is 2.68. The number of hydrogen-bond acceptors (Lipinski definition) is 1. The Morgan fingerprint density at radius 2 is 1.76 bits per heavy atom. The van der Waals surface area contributed by atoms with Crippen molar-refractivity contribution in [2.24, 2.45) is 39.9 Å². The highest BCUT2D eigenvalue weighted by molar-refractivity contribution is 5.60. The number of carbonyl (C=O) groups is 1. The van der Waals surface area contributed by atoms with E-state index >= 15 is 0 Å². The summed E-state index contributed by atoms with van der Waals surface area (Å²) in [6.07, 6.45) is 13.8. The number of fused-ring (bicyclic) bond motifs is 3. The van der Waals surface area contributed by atoms with E-state index in [9.17, 15) is 4.79 Å². The molecule has 0 aliphatic heterocycles. The van der Waals surface area contributed by atoms with E-state index in [1.54, 1.807) is 0 Å². The van der Waals surface area contributed by atoms with Gasteiger partial charge in [0.25, 0.3) is 0 Å². The maximum absolute atomic E-state index is 11.8. The van der Waals surface area contributed by atoms with Crippen LogP contribution in [0.1, 0.15) is 78.6 Å². The summed E-state index contributed by atoms with van der Waals surface area (Å²) < 4.78 is 0. The molecule has 4 aliphatic carbocycles. The van der Waals surface area contributed by atoms with Crippen molar-refractivity contribution < 1.29 is 4.79 Å². The first-order valence-electron chi connectivity index (χ1n) is 9.40. The van der Waals surface area contributed by atoms with Crippen LogP contribution < -0.4 is 0 Å². The highest BCUT2D eigenvalue weighted by Crippen LogP contribution is 2.72. The standard InChI is InChI=1S/C20H32O/c1-14-11-20-10-7-16-18(2,13-21)8-4-9-19(16,3)17(20)6-5-15(14)12-20/h13-17H,4-12H2,1-3H3/t14-,15+,16+,17-,18+,19+,20+/m0/s1. The minimum absolute atomic E-state index is 0.0321. The van der Waals surface area contributed by atoms with Gasteiger partial charge >= 0.3 is 0 Å². The molecule has 0 aromatic heterocycles. The number of aldehydes is 1. The molecule has 7 atom stereocenters. The van der Waals surface area contributed by atoms with Crippen molar-refractivity contribution in [1.29, 1.82) is 0 Å². The predicted molar refractivity (Wildman–Crippen MR) is 85.9 cm³/mol. The van der Waals surface area contributed by atoms with Gasteiger partial charge in [-0.2, -0.15) is 0 Å². The van der Waals surface area contributed by atoms with Gasteiger partial charge in [-0.25, -0.2) is 0 Å². The minimum atomic E-state index is -0.0321. The van der Waals surface area contributed by atoms with Crippen molar-refractivity contribution in [3.8, 4) is 0 Å². The molecule has 0 aromatic rings. The lowest BCUT2D eigenvalue weighted by molar-refractivity contribution is -0.157. The molecule has 1 nitrogen and oxygen atoms in total. The molecule has 21 heavy (non-hydrogen) atoms. The normalized spacial score (nSPS) is 59.2. The molecule has 0 N–H and O–H groups in total. The van der Waals surface area contributed by atoms with Crippen LogP contribution in [-0.4, -0.2) is 6.29 Å². The van der Waals surface area contributed by atoms with Crippen molar-refractivity contribution >= 4 is 6.29 Å². The van der Waals surface area contributed by atoms with Gasteiger partial charge in [-0.05, 0) is 85.9 Å². The third-order valence-electron chi connectivity index (χ3n) is 8.79. The number of carbonyl (C=O) groups excluding carboxylic acids is 1. The summed E-state index contributed by atoms with van der Waals surface area (Å²) in [5.74, 6) is 3.53. The summed E-state index contributed by atoms with van der Waals surface area (Å²) in [4.78, 5) is 11.8. The lowest BCUT2D eigenvalue weighted by Gasteiger charge is -2.63. The molecule has 118 valence electrons. The van der Waals surface area contributed by atoms with Crippen LogP contribution in [0.5, 0.6) is 0 Å². The average molecular weight is 288 g/mol. The summed E-state index contributed by atoms with van der Waals surface area (Å²) >= 11 is 0. The summed E-state index contributed by atoms with van der Waals surface area (Å²) in [7, 11) is 0. The van der Waals surface area contributed by atoms with Crippen molar-refractivity contribution in [2.75, 3.05) is 0 Å². The molecule has 0 aromatic carbocycles. The van der Waals surface area contributed by atoms with Crippen LogP contribution in [0.4, 0.5) is 0 Å². The van der Waals surface area contributed by atoms with E-state index in [0.29, 0.717) is 16.7 Å². The second-order valence-corrected chi connectivity index (χ2v) is 9.71. The van der Waals surface area contributed by atoms with Crippen LogP contribution in [0.2, 0.25) is 0 Å². The Labute approximate surface area is 130 Å². The Morgan fingerprint density at radius 1 is 0.952 bits per heavy atom. The quantitative estimate of drug-likeness (QED) is 0.603. The van der Waals surface area contributed by atoms with E-state index in [4.69, 9.17) is 0 Å². The predicted octanol–water partition coefficient (Wildman–Crippen LogP) is 5.23. The topological polar surface area (TPSA) is 17.1 Å². The monoisotopic (exact) mass is 288 g/mol. The summed E-state index contributed by atoms with van der Waals surface area (Å²) in [5.41, 5.74) is 1.07. The van der Waals surface area contributed by atoms with Gasteiger partial charge in [0, 0.05) is 5.41 Å². The van der Waals surface area contributed by atoms with Gasteiger partial charge in [0.15, 0.2) is 0 Å². The largest absolute Gasteiger partial charge is 0.303 e. The molecule has 4 fully saturated rings. The highest BCUT2D eigenvalue weighted by atomic mass is 16.1. The fourth-order valence-electron chi connectivity index (χ4n) is 7.98. The minimum Gasteiger partial charge on any atom is -0.303 e. The Balaban J connectivity index is 1.73. The molecule has 4 aliphatic rings. The Bertz CT molecular complexity index is 453. The van der Waals surface area contributed by atoms with Gasteiger partial charge in [0.1, 0.15) is 6.29 Å². The van der Waals surface area contributed by atoms with Crippen LogP contribution in [0.15, 0.2) is 0 Å². The molecule has 0 heterocycles. The smallest absolute Gasteiger partial charge is 0.126 e. The fourth-order valence-corrected chi connectivity index (χ4v) is 7.98. The lowest BCUT2D eigenvalue weighted by atomic mass is 9.41. The Hall–Kier alpha value is -0.330. The second-order valence-electron chi connectivity index (χ2n) is 9.71. The van der Waals surface area contributed by atoms with Crippen LogP contribution >= 0.6 is 0 Å². The zero-order chi connectivity index (χ0) is 14.9. The molecule has 1 heteroatoms. The zero-order valence-electron chi connectivity index (χ0n) is 14.2. The summed E-state index contributed by atoms with van der Waals surface area (Å²) in [6, 6.07) is 0. The van der Waals surface area contributed by atoms with Crippen molar-refractivity contribution in [3.05, 3.63) is 0 Å². The first kappa shape index (κ1) is 14.3. The molecule has 4 saturated carbocycles. The SMILES string of the molecule is C[C@H]1C[C@@]23CC[C@H]4[C@@](C)(CCC[C@]4(C)C=O)[C@@H]2CC[C@@H]1C3. The third kappa shape index (κ3) is 1.72. The van der Waals surface area contributed by atoms with E-state index in [1.165, 1.54) is 57.7 Å². The molecule has 1 spiro atoms. The third-order valence-corrected chi connectivity index (χ3v) is 8.79. The van der Waals surface area contributed by atoms with Crippen LogP contribution in [0, 0.1) is 39.9 Å². The van der Waals surface area contributed by atoms with Crippen LogP contribution in [0.3, 0.4) is 0 Å². The van der Waals surface area contributed by atoms with E-state index in [0.717, 1.165) is 24.2 Å². The molecule has 0 saturated heterocycles. The van der Waals surface area contributed by atoms with E-state index in [2.05, 4.69) is 20.8 Å². The fraction of sp³-hybridized carbons (Fsp3) is 0.950. The first-order chi connectivity index (χ1) is 9.94. The summed E-state index contributed by atoms with van der Waals surface area (Å²) in [5, 5.41) is 0. The molecule has 0 amide bonds. The second kappa shape index (κ2) is 4.36. The van der Waals surface area contributed by atoms with Crippen molar-refractivity contribution in [3.63, 3.8) is 0 Å². The van der Waals surface area contributed by atoms with E-state index in [1.807, 2.05) is 0 Å². The van der Waals surface area contributed by atoms with E-state index in [-0.39, 0.29) is 5.41 Å². The van der Waals surface area contributed by atoms with Crippen molar-refractivity contribution in [1.82, 2.24) is 0 Å². The molecular weight excluding hydrogens is 256 g/mol.